The molecule has 2 heterocycles. The fourth-order valence-corrected chi connectivity index (χ4v) is 3.79. The largest absolute Gasteiger partial charge is 0.481 e. The average Bonchev–Trinajstić information content (AvgIpc) is 3.12. The number of nitrogens with zero attached hydrogens (tertiary/aromatic N) is 2. The van der Waals surface area contributed by atoms with Crippen LogP contribution in [-0.4, -0.2) is 40.0 Å². The third kappa shape index (κ3) is 2.86. The number of aliphatic carboxylic acids is 1. The van der Waals surface area contributed by atoms with Gasteiger partial charge in [0.2, 0.25) is 0 Å². The van der Waals surface area contributed by atoms with Crippen molar-refractivity contribution >= 4 is 23.2 Å². The molecule has 120 valence electrons. The Hall–Kier alpha value is -2.21. The summed E-state index contributed by atoms with van der Waals surface area (Å²) in [6.07, 6.45) is 0.484. The van der Waals surface area contributed by atoms with Crippen molar-refractivity contribution in [2.75, 3.05) is 13.1 Å². The highest BCUT2D eigenvalue weighted by Gasteiger charge is 2.42. The Morgan fingerprint density at radius 2 is 2.00 bits per heavy atom. The summed E-state index contributed by atoms with van der Waals surface area (Å²) in [5, 5.41) is 10.1. The monoisotopic (exact) mass is 330 g/mol. The molecule has 1 aromatic heterocycles. The Labute approximate surface area is 138 Å². The minimum absolute atomic E-state index is 0.118. The molecule has 23 heavy (non-hydrogen) atoms. The molecule has 6 heteroatoms. The van der Waals surface area contributed by atoms with Crippen LogP contribution in [0, 0.1) is 12.3 Å². The van der Waals surface area contributed by atoms with Gasteiger partial charge in [-0.25, -0.2) is 4.98 Å². The highest BCUT2D eigenvalue weighted by atomic mass is 32.1. The first kappa shape index (κ1) is 15.7. The van der Waals surface area contributed by atoms with E-state index >= 15 is 0 Å². The van der Waals surface area contributed by atoms with Gasteiger partial charge in [-0.05, 0) is 20.3 Å². The van der Waals surface area contributed by atoms with E-state index in [-0.39, 0.29) is 12.5 Å². The SMILES string of the molecule is Cc1nc(-c2ccccc2)sc1C(=O)N1CC[C@](C)(C(=O)O)C1. The molecule has 1 aliphatic heterocycles. The summed E-state index contributed by atoms with van der Waals surface area (Å²) in [5.74, 6) is -0.967. The van der Waals surface area contributed by atoms with Crippen LogP contribution in [0.3, 0.4) is 0 Å². The minimum atomic E-state index is -0.851. The van der Waals surface area contributed by atoms with E-state index in [2.05, 4.69) is 4.98 Å². The van der Waals surface area contributed by atoms with Crippen LogP contribution in [0.4, 0.5) is 0 Å². The predicted molar refractivity (Wildman–Crippen MR) is 88.6 cm³/mol. The number of aromatic nitrogens is 1. The van der Waals surface area contributed by atoms with Crippen molar-refractivity contribution in [2.45, 2.75) is 20.3 Å². The highest BCUT2D eigenvalue weighted by molar-refractivity contribution is 7.17. The maximum absolute atomic E-state index is 12.7. The van der Waals surface area contributed by atoms with Crippen LogP contribution < -0.4 is 0 Å². The molecule has 0 unspecified atom stereocenters. The number of rotatable bonds is 3. The van der Waals surface area contributed by atoms with E-state index in [1.54, 1.807) is 11.8 Å². The lowest BCUT2D eigenvalue weighted by Crippen LogP contribution is -2.34. The number of hydrogen-bond acceptors (Lipinski definition) is 4. The van der Waals surface area contributed by atoms with E-state index in [9.17, 15) is 14.7 Å². The topological polar surface area (TPSA) is 70.5 Å². The minimum Gasteiger partial charge on any atom is -0.481 e. The second-order valence-corrected chi connectivity index (χ2v) is 7.14. The Morgan fingerprint density at radius 3 is 2.61 bits per heavy atom. The summed E-state index contributed by atoms with van der Waals surface area (Å²) in [4.78, 5) is 30.8. The molecular formula is C17H18N2O3S. The number of carboxylic acid groups (broad SMARTS) is 1. The molecule has 1 atom stereocenters. The lowest BCUT2D eigenvalue weighted by molar-refractivity contribution is -0.147. The third-order valence-electron chi connectivity index (χ3n) is 4.29. The Kier molecular flexibility index (Phi) is 3.93. The van der Waals surface area contributed by atoms with Gasteiger partial charge in [0.25, 0.3) is 5.91 Å². The van der Waals surface area contributed by atoms with Crippen LogP contribution in [0.5, 0.6) is 0 Å². The van der Waals surface area contributed by atoms with E-state index < -0.39 is 11.4 Å². The van der Waals surface area contributed by atoms with E-state index in [1.807, 2.05) is 37.3 Å². The van der Waals surface area contributed by atoms with Crippen LogP contribution in [0.2, 0.25) is 0 Å². The number of amides is 1. The molecule has 0 aliphatic carbocycles. The molecule has 2 aromatic rings. The molecule has 3 rings (SSSR count). The van der Waals surface area contributed by atoms with Crippen molar-refractivity contribution in [3.8, 4) is 10.6 Å². The summed E-state index contributed by atoms with van der Waals surface area (Å²) in [6, 6.07) is 9.74. The summed E-state index contributed by atoms with van der Waals surface area (Å²) in [7, 11) is 0. The van der Waals surface area contributed by atoms with Crippen LogP contribution in [0.25, 0.3) is 10.6 Å². The van der Waals surface area contributed by atoms with Gasteiger partial charge in [-0.1, -0.05) is 30.3 Å². The fourth-order valence-electron chi connectivity index (χ4n) is 2.75. The molecule has 1 aromatic carbocycles. The maximum Gasteiger partial charge on any atom is 0.311 e. The molecule has 0 radical (unpaired) electrons. The summed E-state index contributed by atoms with van der Waals surface area (Å²) >= 11 is 1.37. The van der Waals surface area contributed by atoms with E-state index in [4.69, 9.17) is 0 Å². The van der Waals surface area contributed by atoms with Crippen molar-refractivity contribution < 1.29 is 14.7 Å². The second kappa shape index (κ2) is 5.77. The molecule has 1 aliphatic rings. The van der Waals surface area contributed by atoms with Gasteiger partial charge in [0.05, 0.1) is 11.1 Å². The number of aryl methyl sites for hydroxylation is 1. The summed E-state index contributed by atoms with van der Waals surface area (Å²) in [5.41, 5.74) is 0.829. The van der Waals surface area contributed by atoms with Crippen LogP contribution in [0.1, 0.15) is 28.7 Å². The molecule has 0 saturated carbocycles. The molecule has 0 spiro atoms. The van der Waals surface area contributed by atoms with Gasteiger partial charge in [0.15, 0.2) is 0 Å². The predicted octanol–water partition coefficient (Wildman–Crippen LogP) is 3.06. The van der Waals surface area contributed by atoms with Gasteiger partial charge in [0, 0.05) is 18.7 Å². The molecule has 1 saturated heterocycles. The lowest BCUT2D eigenvalue weighted by Gasteiger charge is -2.19. The van der Waals surface area contributed by atoms with Crippen LogP contribution in [-0.2, 0) is 4.79 Å². The Balaban J connectivity index is 1.84. The number of thiazole rings is 1. The number of carbonyl (C=O) groups excluding carboxylic acids is 1. The van der Waals surface area contributed by atoms with Crippen molar-refractivity contribution in [2.24, 2.45) is 5.41 Å². The lowest BCUT2D eigenvalue weighted by atomic mass is 9.90. The Bertz CT molecular complexity index is 756. The van der Waals surface area contributed by atoms with Crippen molar-refractivity contribution in [3.05, 3.63) is 40.9 Å². The smallest absolute Gasteiger partial charge is 0.311 e. The van der Waals surface area contributed by atoms with E-state index in [0.717, 1.165) is 10.6 Å². The van der Waals surface area contributed by atoms with Gasteiger partial charge >= 0.3 is 5.97 Å². The number of carbonyl (C=O) groups is 2. The first-order valence-corrected chi connectivity index (χ1v) is 8.28. The average molecular weight is 330 g/mol. The first-order valence-electron chi connectivity index (χ1n) is 7.46. The number of likely N-dealkylation sites (tertiary alicyclic amines) is 1. The normalized spacial score (nSPS) is 20.7. The van der Waals surface area contributed by atoms with Crippen molar-refractivity contribution in [1.82, 2.24) is 9.88 Å². The number of hydrogen-bond donors (Lipinski definition) is 1. The van der Waals surface area contributed by atoms with E-state index in [1.165, 1.54) is 11.3 Å². The molecule has 0 bridgehead atoms. The van der Waals surface area contributed by atoms with Gasteiger partial charge < -0.3 is 10.0 Å². The molecular weight excluding hydrogens is 312 g/mol. The first-order chi connectivity index (χ1) is 10.9. The van der Waals surface area contributed by atoms with Crippen molar-refractivity contribution in [1.29, 1.82) is 0 Å². The second-order valence-electron chi connectivity index (χ2n) is 6.14. The zero-order chi connectivity index (χ0) is 16.6. The van der Waals surface area contributed by atoms with Gasteiger partial charge in [0.1, 0.15) is 9.88 Å². The third-order valence-corrected chi connectivity index (χ3v) is 5.48. The zero-order valence-electron chi connectivity index (χ0n) is 13.1. The summed E-state index contributed by atoms with van der Waals surface area (Å²) < 4.78 is 0. The molecule has 1 N–H and O–H groups in total. The maximum atomic E-state index is 12.7. The van der Waals surface area contributed by atoms with Gasteiger partial charge in [-0.2, -0.15) is 0 Å². The van der Waals surface area contributed by atoms with E-state index in [0.29, 0.717) is 23.5 Å². The van der Waals surface area contributed by atoms with Gasteiger partial charge in [-0.15, -0.1) is 11.3 Å². The number of carboxylic acids is 1. The zero-order valence-corrected chi connectivity index (χ0v) is 13.9. The standard InChI is InChI=1S/C17H18N2O3S/c1-11-13(23-14(18-11)12-6-4-3-5-7-12)15(20)19-9-8-17(2,10-19)16(21)22/h3-7H,8-10H2,1-2H3,(H,21,22)/t17-/m0/s1. The fraction of sp³-hybridized carbons (Fsp3) is 0.353. The Morgan fingerprint density at radius 1 is 1.30 bits per heavy atom. The van der Waals surface area contributed by atoms with Gasteiger partial charge in [-0.3, -0.25) is 9.59 Å². The van der Waals surface area contributed by atoms with Crippen LogP contribution in [0.15, 0.2) is 30.3 Å². The van der Waals surface area contributed by atoms with Crippen molar-refractivity contribution in [3.63, 3.8) is 0 Å². The highest BCUT2D eigenvalue weighted by Crippen LogP contribution is 2.34. The molecule has 5 nitrogen and oxygen atoms in total. The molecule has 1 fully saturated rings. The summed E-state index contributed by atoms with van der Waals surface area (Å²) in [6.45, 7) is 4.24. The quantitative estimate of drug-likeness (QED) is 0.939. The molecule has 1 amide bonds. The number of benzene rings is 1. The van der Waals surface area contributed by atoms with Crippen LogP contribution >= 0.6 is 11.3 Å².